The van der Waals surface area contributed by atoms with Gasteiger partial charge in [-0.15, -0.1) is 11.3 Å². The highest BCUT2D eigenvalue weighted by Crippen LogP contribution is 2.42. The summed E-state index contributed by atoms with van der Waals surface area (Å²) in [6.07, 6.45) is 0. The molecule has 0 atom stereocenters. The van der Waals surface area contributed by atoms with Gasteiger partial charge in [-0.2, -0.15) is 0 Å². The molecule has 0 N–H and O–H groups in total. The molecule has 0 unspecified atom stereocenters. The number of benzene rings is 10. The van der Waals surface area contributed by atoms with Crippen LogP contribution in [-0.4, -0.2) is 0 Å². The maximum atomic E-state index is 9.58. The zero-order valence-electron chi connectivity index (χ0n) is 35.4. The standard InChI is InChI=1S/C56H37NS/c1-3-14-48-40(10-1)12-7-17-50(48)42-24-22-38(23-25-42)39-26-32-45(33-27-39)57(46-34-28-43(29-35-46)51-18-8-13-41-11-2-4-15-49(41)51)47-36-30-44(31-37-47)52-19-9-20-54-53-16-5-6-21-55(53)58-56(52)54/h1-37H/i26D,27D,32D,33D. The van der Waals surface area contributed by atoms with Crippen molar-refractivity contribution < 1.29 is 5.48 Å². The molecule has 58 heavy (non-hydrogen) atoms. The van der Waals surface area contributed by atoms with Crippen molar-refractivity contribution in [3.05, 3.63) is 224 Å². The van der Waals surface area contributed by atoms with E-state index in [2.05, 4.69) is 133 Å². The molecule has 0 aliphatic heterocycles. The lowest BCUT2D eigenvalue weighted by atomic mass is 9.96. The average Bonchev–Trinajstić information content (AvgIpc) is 3.72. The Bertz CT molecular complexity index is 3460. The topological polar surface area (TPSA) is 3.24 Å². The summed E-state index contributed by atoms with van der Waals surface area (Å²) in [7, 11) is 0. The van der Waals surface area contributed by atoms with Crippen LogP contribution in [0.5, 0.6) is 0 Å². The first-order chi connectivity index (χ1) is 30.4. The molecule has 11 rings (SSSR count). The molecule has 0 fully saturated rings. The van der Waals surface area contributed by atoms with Gasteiger partial charge in [0.25, 0.3) is 0 Å². The summed E-state index contributed by atoms with van der Waals surface area (Å²) in [6, 6.07) is 67.9. The molecule has 2 heteroatoms. The molecule has 0 bridgehead atoms. The summed E-state index contributed by atoms with van der Waals surface area (Å²) in [5.41, 5.74) is 8.99. The van der Waals surface area contributed by atoms with Crippen molar-refractivity contribution in [2.45, 2.75) is 0 Å². The van der Waals surface area contributed by atoms with Crippen LogP contribution in [0.25, 0.3) is 86.2 Å². The van der Waals surface area contributed by atoms with Crippen LogP contribution in [0.2, 0.25) is 0 Å². The maximum Gasteiger partial charge on any atom is 0.0645 e. The van der Waals surface area contributed by atoms with Crippen LogP contribution >= 0.6 is 11.3 Å². The van der Waals surface area contributed by atoms with E-state index in [1.165, 1.54) is 20.2 Å². The summed E-state index contributed by atoms with van der Waals surface area (Å²) in [6.45, 7) is 0. The predicted octanol–water partition coefficient (Wildman–Crippen LogP) is 16.5. The Labute approximate surface area is 348 Å². The Balaban J connectivity index is 1.03. The van der Waals surface area contributed by atoms with Gasteiger partial charge in [0.15, 0.2) is 0 Å². The third-order valence-electron chi connectivity index (χ3n) is 11.2. The Morgan fingerprint density at radius 3 is 1.34 bits per heavy atom. The maximum absolute atomic E-state index is 9.58. The zero-order chi connectivity index (χ0) is 41.9. The number of nitrogens with zero attached hydrogens (tertiary/aromatic N) is 1. The minimum atomic E-state index is -0.114. The van der Waals surface area contributed by atoms with E-state index in [1.807, 2.05) is 71.6 Å². The van der Waals surface area contributed by atoms with Crippen molar-refractivity contribution in [2.75, 3.05) is 4.90 Å². The molecular weight excluding hydrogens is 719 g/mol. The summed E-state index contributed by atoms with van der Waals surface area (Å²) in [5, 5.41) is 7.09. The summed E-state index contributed by atoms with van der Waals surface area (Å²) >= 11 is 1.79. The van der Waals surface area contributed by atoms with Crippen LogP contribution in [0.3, 0.4) is 0 Å². The van der Waals surface area contributed by atoms with Crippen LogP contribution in [0.4, 0.5) is 17.1 Å². The van der Waals surface area contributed by atoms with Crippen LogP contribution in [-0.2, 0) is 0 Å². The second kappa shape index (κ2) is 14.4. The first-order valence-electron chi connectivity index (χ1n) is 21.5. The molecule has 0 aliphatic rings. The van der Waals surface area contributed by atoms with E-state index in [0.29, 0.717) is 5.56 Å². The highest BCUT2D eigenvalue weighted by Gasteiger charge is 2.16. The van der Waals surface area contributed by atoms with E-state index in [4.69, 9.17) is 0 Å². The van der Waals surface area contributed by atoms with Crippen LogP contribution < -0.4 is 4.90 Å². The monoisotopic (exact) mass is 759 g/mol. The Kier molecular flexibility index (Phi) is 7.41. The highest BCUT2D eigenvalue weighted by molar-refractivity contribution is 7.26. The van der Waals surface area contributed by atoms with Gasteiger partial charge in [-0.05, 0) is 108 Å². The fourth-order valence-electron chi connectivity index (χ4n) is 8.29. The lowest BCUT2D eigenvalue weighted by Gasteiger charge is -2.26. The van der Waals surface area contributed by atoms with Crippen molar-refractivity contribution in [1.82, 2.24) is 0 Å². The first kappa shape index (κ1) is 30.0. The van der Waals surface area contributed by atoms with Crippen LogP contribution in [0, 0.1) is 0 Å². The average molecular weight is 760 g/mol. The number of hydrogen-bond acceptors (Lipinski definition) is 2. The first-order valence-corrected chi connectivity index (χ1v) is 20.3. The molecule has 0 saturated heterocycles. The number of anilines is 3. The quantitative estimate of drug-likeness (QED) is 0.156. The van der Waals surface area contributed by atoms with Gasteiger partial charge >= 0.3 is 0 Å². The van der Waals surface area contributed by atoms with Gasteiger partial charge in [0.2, 0.25) is 0 Å². The molecule has 1 nitrogen and oxygen atoms in total. The van der Waals surface area contributed by atoms with Crippen molar-refractivity contribution in [2.24, 2.45) is 0 Å². The number of hydrogen-bond donors (Lipinski definition) is 0. The number of rotatable bonds is 7. The van der Waals surface area contributed by atoms with Gasteiger partial charge in [-0.3, -0.25) is 0 Å². The highest BCUT2D eigenvalue weighted by atomic mass is 32.1. The second-order valence-corrected chi connectivity index (χ2v) is 15.6. The van der Waals surface area contributed by atoms with E-state index in [9.17, 15) is 5.48 Å². The van der Waals surface area contributed by atoms with Gasteiger partial charge in [-0.1, -0.05) is 182 Å². The largest absolute Gasteiger partial charge is 0.311 e. The van der Waals surface area contributed by atoms with Crippen LogP contribution in [0.1, 0.15) is 5.48 Å². The Morgan fingerprint density at radius 1 is 0.310 bits per heavy atom. The van der Waals surface area contributed by atoms with Gasteiger partial charge in [0, 0.05) is 37.2 Å². The number of thiophene rings is 1. The molecule has 0 aliphatic carbocycles. The Hall–Kier alpha value is -7.26. The van der Waals surface area contributed by atoms with Crippen molar-refractivity contribution >= 4 is 70.1 Å². The smallest absolute Gasteiger partial charge is 0.0645 e. The van der Waals surface area contributed by atoms with Gasteiger partial charge < -0.3 is 4.90 Å². The molecule has 272 valence electrons. The summed E-state index contributed by atoms with van der Waals surface area (Å²) in [4.78, 5) is 1.87. The van der Waals surface area contributed by atoms with Gasteiger partial charge in [-0.25, -0.2) is 0 Å². The van der Waals surface area contributed by atoms with E-state index in [-0.39, 0.29) is 35.4 Å². The van der Waals surface area contributed by atoms with E-state index in [1.54, 1.807) is 11.3 Å². The molecule has 1 heterocycles. The summed E-state index contributed by atoms with van der Waals surface area (Å²) in [5.74, 6) is 0. The van der Waals surface area contributed by atoms with E-state index < -0.39 is 0 Å². The minimum Gasteiger partial charge on any atom is -0.311 e. The van der Waals surface area contributed by atoms with Crippen molar-refractivity contribution in [3.8, 4) is 44.5 Å². The molecule has 10 aromatic carbocycles. The van der Waals surface area contributed by atoms with Crippen molar-refractivity contribution in [1.29, 1.82) is 0 Å². The molecule has 0 spiro atoms. The molecule has 0 amide bonds. The van der Waals surface area contributed by atoms with E-state index in [0.717, 1.165) is 66.3 Å². The predicted molar refractivity (Wildman–Crippen MR) is 251 cm³/mol. The Morgan fingerprint density at radius 2 is 0.741 bits per heavy atom. The van der Waals surface area contributed by atoms with Gasteiger partial charge in [0.1, 0.15) is 0 Å². The second-order valence-electron chi connectivity index (χ2n) is 14.6. The lowest BCUT2D eigenvalue weighted by Crippen LogP contribution is -2.09. The fourth-order valence-corrected chi connectivity index (χ4v) is 9.53. The fraction of sp³-hybridized carbons (Fsp3) is 0. The zero-order valence-corrected chi connectivity index (χ0v) is 32.2. The third-order valence-corrected chi connectivity index (χ3v) is 12.4. The van der Waals surface area contributed by atoms with Crippen LogP contribution in [0.15, 0.2) is 224 Å². The minimum absolute atomic E-state index is 0.0932. The van der Waals surface area contributed by atoms with E-state index >= 15 is 0 Å². The molecule has 11 aromatic rings. The van der Waals surface area contributed by atoms with Crippen molar-refractivity contribution in [3.63, 3.8) is 0 Å². The SMILES string of the molecule is [2H]c1c([2H])c(N(c2ccc(-c3cccc4ccccc34)cc2)c2ccc(-c3cccc4c3sc3ccccc34)cc2)c([2H])c([2H])c1-c1ccc(-c2cccc3ccccc23)cc1. The molecular formula is C56H37NS. The van der Waals surface area contributed by atoms with Gasteiger partial charge in [0.05, 0.1) is 5.48 Å². The summed E-state index contributed by atoms with van der Waals surface area (Å²) < 4.78 is 40.5. The third kappa shape index (κ3) is 6.03. The molecule has 1 aromatic heterocycles. The molecule has 0 saturated carbocycles. The molecule has 0 radical (unpaired) electrons. The lowest BCUT2D eigenvalue weighted by molar-refractivity contribution is 1.28. The normalized spacial score (nSPS) is 12.4. The number of fused-ring (bicyclic) bond motifs is 5.